The molecular weight excluding hydrogens is 408 g/mol. The number of nitrogens with zero attached hydrogens (tertiary/aromatic N) is 4. The molecule has 1 saturated carbocycles. The van der Waals surface area contributed by atoms with Crippen LogP contribution in [0.15, 0.2) is 12.3 Å². The van der Waals surface area contributed by atoms with Gasteiger partial charge in [-0.05, 0) is 32.6 Å². The highest BCUT2D eigenvalue weighted by Gasteiger charge is 2.34. The maximum Gasteiger partial charge on any atom is 0.227 e. The number of piperidine rings is 1. The number of carbonyl (C=O) groups excluding carboxylic acids is 1. The number of hydrogen-bond donors (Lipinski definition) is 2. The van der Waals surface area contributed by atoms with Crippen LogP contribution in [0.1, 0.15) is 56.0 Å². The molecular formula is C20H27ClN6OS. The molecule has 4 rings (SSSR count). The lowest BCUT2D eigenvalue weighted by Gasteiger charge is -2.36. The zero-order valence-corrected chi connectivity index (χ0v) is 18.2. The first kappa shape index (κ1) is 20.5. The van der Waals surface area contributed by atoms with Crippen molar-refractivity contribution in [3.63, 3.8) is 0 Å². The van der Waals surface area contributed by atoms with Crippen LogP contribution in [0.2, 0.25) is 4.34 Å². The molecule has 7 nitrogen and oxygen atoms in total. The number of aryl methyl sites for hydroxylation is 1. The number of nitrogens with one attached hydrogen (secondary N) is 1. The van der Waals surface area contributed by atoms with Gasteiger partial charge in [0.2, 0.25) is 5.91 Å². The van der Waals surface area contributed by atoms with Gasteiger partial charge in [0.1, 0.15) is 16.0 Å². The second kappa shape index (κ2) is 8.93. The van der Waals surface area contributed by atoms with E-state index in [-0.39, 0.29) is 23.8 Å². The van der Waals surface area contributed by atoms with Crippen LogP contribution in [-0.4, -0.2) is 44.9 Å². The first-order valence-corrected chi connectivity index (χ1v) is 11.5. The van der Waals surface area contributed by atoms with Crippen LogP contribution < -0.4 is 11.1 Å². The minimum Gasteiger partial charge on any atom is -0.342 e. The van der Waals surface area contributed by atoms with Crippen molar-refractivity contribution < 1.29 is 4.79 Å². The molecule has 9 heteroatoms. The Bertz CT molecular complexity index is 866. The molecule has 2 aromatic rings. The molecule has 0 aromatic carbocycles. The zero-order valence-electron chi connectivity index (χ0n) is 16.6. The molecule has 1 aliphatic heterocycles. The molecule has 156 valence electrons. The summed E-state index contributed by atoms with van der Waals surface area (Å²) in [6.45, 7) is 3.46. The van der Waals surface area contributed by atoms with Crippen molar-refractivity contribution in [3.8, 4) is 0 Å². The van der Waals surface area contributed by atoms with Crippen molar-refractivity contribution in [1.29, 1.82) is 0 Å². The van der Waals surface area contributed by atoms with Crippen molar-refractivity contribution in [2.75, 3.05) is 18.4 Å². The van der Waals surface area contributed by atoms with Crippen LogP contribution in [0.4, 0.5) is 10.9 Å². The molecule has 29 heavy (non-hydrogen) atoms. The average Bonchev–Trinajstić information content (AvgIpc) is 3.12. The van der Waals surface area contributed by atoms with Crippen LogP contribution in [0.5, 0.6) is 0 Å². The van der Waals surface area contributed by atoms with E-state index in [4.69, 9.17) is 22.3 Å². The third kappa shape index (κ3) is 4.87. The van der Waals surface area contributed by atoms with Gasteiger partial charge in [-0.3, -0.25) is 4.79 Å². The van der Waals surface area contributed by atoms with Crippen molar-refractivity contribution in [2.45, 2.75) is 57.4 Å². The summed E-state index contributed by atoms with van der Waals surface area (Å²) in [7, 11) is 0. The van der Waals surface area contributed by atoms with E-state index in [0.29, 0.717) is 9.47 Å². The largest absolute Gasteiger partial charge is 0.342 e. The summed E-state index contributed by atoms with van der Waals surface area (Å²) in [6, 6.07) is 1.92. The fourth-order valence-electron chi connectivity index (χ4n) is 4.32. The predicted octanol–water partition coefficient (Wildman–Crippen LogP) is 3.86. The Hall–Kier alpha value is -1.77. The van der Waals surface area contributed by atoms with Gasteiger partial charge in [0.15, 0.2) is 5.13 Å². The number of carbonyl (C=O) groups is 1. The lowest BCUT2D eigenvalue weighted by atomic mass is 9.83. The van der Waals surface area contributed by atoms with Crippen LogP contribution >= 0.6 is 22.9 Å². The normalized spacial score (nSPS) is 23.2. The van der Waals surface area contributed by atoms with Gasteiger partial charge in [0.05, 0.1) is 12.1 Å². The Kier molecular flexibility index (Phi) is 6.32. The van der Waals surface area contributed by atoms with Crippen LogP contribution in [0.3, 0.4) is 0 Å². The summed E-state index contributed by atoms with van der Waals surface area (Å²) >= 11 is 7.33. The number of hydrogen-bond acceptors (Lipinski definition) is 7. The number of amides is 1. The quantitative estimate of drug-likeness (QED) is 0.758. The molecule has 0 radical (unpaired) electrons. The molecule has 3 heterocycles. The summed E-state index contributed by atoms with van der Waals surface area (Å²) in [5, 5.41) is 3.92. The highest BCUT2D eigenvalue weighted by atomic mass is 35.5. The van der Waals surface area contributed by atoms with Gasteiger partial charge in [0.25, 0.3) is 0 Å². The van der Waals surface area contributed by atoms with E-state index in [1.807, 2.05) is 17.9 Å². The van der Waals surface area contributed by atoms with Gasteiger partial charge in [-0.1, -0.05) is 35.8 Å². The van der Waals surface area contributed by atoms with E-state index in [2.05, 4.69) is 15.3 Å². The first-order chi connectivity index (χ1) is 14.0. The Labute approximate surface area is 180 Å². The highest BCUT2D eigenvalue weighted by molar-refractivity contribution is 7.19. The van der Waals surface area contributed by atoms with Crippen molar-refractivity contribution >= 4 is 39.8 Å². The van der Waals surface area contributed by atoms with Crippen molar-refractivity contribution in [3.05, 3.63) is 28.1 Å². The van der Waals surface area contributed by atoms with Gasteiger partial charge in [-0.25, -0.2) is 15.0 Å². The zero-order chi connectivity index (χ0) is 20.4. The molecule has 2 aromatic heterocycles. The number of thiazole rings is 1. The molecule has 0 spiro atoms. The summed E-state index contributed by atoms with van der Waals surface area (Å²) in [5.41, 5.74) is 7.13. The maximum absolute atomic E-state index is 12.9. The van der Waals surface area contributed by atoms with Crippen LogP contribution in [0, 0.1) is 12.8 Å². The molecule has 3 N–H and O–H groups in total. The van der Waals surface area contributed by atoms with Crippen molar-refractivity contribution in [1.82, 2.24) is 19.9 Å². The Morgan fingerprint density at radius 1 is 1.24 bits per heavy atom. The molecule has 1 aliphatic carbocycles. The third-order valence-electron chi connectivity index (χ3n) is 5.89. The summed E-state index contributed by atoms with van der Waals surface area (Å²) in [5.74, 6) is 2.04. The minimum absolute atomic E-state index is 0.00329. The van der Waals surface area contributed by atoms with E-state index in [1.165, 1.54) is 11.3 Å². The molecule has 0 unspecified atom stereocenters. The topological polar surface area (TPSA) is 97.0 Å². The number of aromatic nitrogens is 3. The van der Waals surface area contributed by atoms with Gasteiger partial charge < -0.3 is 16.0 Å². The number of anilines is 2. The fraction of sp³-hybridized carbons (Fsp3) is 0.600. The number of rotatable bonds is 4. The summed E-state index contributed by atoms with van der Waals surface area (Å²) in [6.07, 6.45) is 7.51. The minimum atomic E-state index is -0.00329. The van der Waals surface area contributed by atoms with Gasteiger partial charge in [-0.2, -0.15) is 0 Å². The third-order valence-corrected chi connectivity index (χ3v) is 6.92. The number of halogens is 1. The lowest BCUT2D eigenvalue weighted by molar-refractivity contribution is -0.138. The van der Waals surface area contributed by atoms with Gasteiger partial charge in [-0.15, -0.1) is 0 Å². The van der Waals surface area contributed by atoms with E-state index < -0.39 is 0 Å². The highest BCUT2D eigenvalue weighted by Crippen LogP contribution is 2.31. The molecule has 1 saturated heterocycles. The Morgan fingerprint density at radius 3 is 2.69 bits per heavy atom. The second-order valence-corrected chi connectivity index (χ2v) is 9.66. The first-order valence-electron chi connectivity index (χ1n) is 10.3. The Balaban J connectivity index is 1.39. The maximum atomic E-state index is 12.9. The van der Waals surface area contributed by atoms with Crippen LogP contribution in [0.25, 0.3) is 0 Å². The number of likely N-dealkylation sites (tertiary alicyclic amines) is 1. The lowest BCUT2D eigenvalue weighted by Crippen LogP contribution is -2.48. The molecule has 2 aliphatic rings. The standard InChI is InChI=1S/C20H27ClN6OS/c1-12-10-17(26-20-23-11-16(21)29-20)25-18(24-12)13-6-8-27(9-7-13)19(28)14-4-2-3-5-15(14)22/h10-11,13-15H,2-9,22H2,1H3,(H,23,24,25,26)/t14-,15-/m0/s1. The van der Waals surface area contributed by atoms with E-state index in [1.54, 1.807) is 6.20 Å². The molecule has 1 amide bonds. The van der Waals surface area contributed by atoms with E-state index in [9.17, 15) is 4.79 Å². The summed E-state index contributed by atoms with van der Waals surface area (Å²) in [4.78, 5) is 28.5. The number of nitrogens with two attached hydrogens (primary N) is 1. The molecule has 2 atom stereocenters. The average molecular weight is 435 g/mol. The second-order valence-electron chi connectivity index (χ2n) is 8.00. The van der Waals surface area contributed by atoms with Crippen LogP contribution in [-0.2, 0) is 4.79 Å². The smallest absolute Gasteiger partial charge is 0.227 e. The molecule has 2 fully saturated rings. The Morgan fingerprint density at radius 2 is 2.00 bits per heavy atom. The SMILES string of the molecule is Cc1cc(Nc2ncc(Cl)s2)nc(C2CCN(C(=O)[C@H]3CCCC[C@@H]3N)CC2)n1. The summed E-state index contributed by atoms with van der Waals surface area (Å²) < 4.78 is 0.633. The van der Waals surface area contributed by atoms with Crippen molar-refractivity contribution in [2.24, 2.45) is 11.7 Å². The van der Waals surface area contributed by atoms with E-state index in [0.717, 1.165) is 69.0 Å². The molecule has 0 bridgehead atoms. The van der Waals surface area contributed by atoms with Gasteiger partial charge >= 0.3 is 0 Å². The van der Waals surface area contributed by atoms with E-state index >= 15 is 0 Å². The van der Waals surface area contributed by atoms with Gasteiger partial charge in [0, 0.05) is 36.8 Å². The monoisotopic (exact) mass is 434 g/mol. The predicted molar refractivity (Wildman–Crippen MR) is 116 cm³/mol. The fourth-order valence-corrected chi connectivity index (χ4v) is 5.14.